The summed E-state index contributed by atoms with van der Waals surface area (Å²) in [7, 11) is 0. The SMILES string of the molecule is CCOc1cc(CNCCC(C)C)ccc1OCc1cccc(Cl)c1. The van der Waals surface area contributed by atoms with Crippen LogP contribution in [0.15, 0.2) is 42.5 Å². The van der Waals surface area contributed by atoms with E-state index in [1.165, 1.54) is 12.0 Å². The minimum absolute atomic E-state index is 0.465. The Bertz CT molecular complexity index is 658. The molecule has 0 saturated carbocycles. The van der Waals surface area contributed by atoms with Crippen molar-refractivity contribution in [2.75, 3.05) is 13.2 Å². The van der Waals surface area contributed by atoms with Crippen LogP contribution in [-0.4, -0.2) is 13.2 Å². The number of hydrogen-bond donors (Lipinski definition) is 1. The summed E-state index contributed by atoms with van der Waals surface area (Å²) in [5.74, 6) is 2.26. The topological polar surface area (TPSA) is 30.5 Å². The van der Waals surface area contributed by atoms with Crippen LogP contribution in [0, 0.1) is 5.92 Å². The molecule has 136 valence electrons. The van der Waals surface area contributed by atoms with E-state index in [1.807, 2.05) is 37.3 Å². The van der Waals surface area contributed by atoms with Crippen LogP contribution < -0.4 is 14.8 Å². The van der Waals surface area contributed by atoms with Gasteiger partial charge in [-0.3, -0.25) is 0 Å². The van der Waals surface area contributed by atoms with Gasteiger partial charge in [-0.15, -0.1) is 0 Å². The quantitative estimate of drug-likeness (QED) is 0.570. The van der Waals surface area contributed by atoms with Crippen molar-refractivity contribution in [2.45, 2.75) is 40.3 Å². The maximum Gasteiger partial charge on any atom is 0.161 e. The number of hydrogen-bond acceptors (Lipinski definition) is 3. The Hall–Kier alpha value is -1.71. The van der Waals surface area contributed by atoms with Gasteiger partial charge in [0.15, 0.2) is 11.5 Å². The predicted octanol–water partition coefficient (Wildman–Crippen LogP) is 5.45. The van der Waals surface area contributed by atoms with E-state index in [9.17, 15) is 0 Å². The second kappa shape index (κ2) is 10.3. The van der Waals surface area contributed by atoms with Gasteiger partial charge in [-0.2, -0.15) is 0 Å². The van der Waals surface area contributed by atoms with Crippen LogP contribution in [-0.2, 0) is 13.2 Å². The van der Waals surface area contributed by atoms with E-state index < -0.39 is 0 Å². The Balaban J connectivity index is 1.97. The van der Waals surface area contributed by atoms with Crippen LogP contribution in [0.2, 0.25) is 5.02 Å². The molecule has 0 heterocycles. The standard InChI is InChI=1S/C21H28ClNO2/c1-4-24-21-13-17(14-23-11-10-16(2)3)8-9-20(21)25-15-18-6-5-7-19(22)12-18/h5-9,12-13,16,23H,4,10-11,14-15H2,1-3H3. The lowest BCUT2D eigenvalue weighted by Crippen LogP contribution is -2.16. The summed E-state index contributed by atoms with van der Waals surface area (Å²) < 4.78 is 11.7. The Labute approximate surface area is 156 Å². The molecule has 2 aromatic carbocycles. The lowest BCUT2D eigenvalue weighted by molar-refractivity contribution is 0.269. The predicted molar refractivity (Wildman–Crippen MR) is 105 cm³/mol. The first-order valence-corrected chi connectivity index (χ1v) is 9.30. The molecule has 2 aromatic rings. The van der Waals surface area contributed by atoms with Crippen LogP contribution in [0.25, 0.3) is 0 Å². The van der Waals surface area contributed by atoms with Gasteiger partial charge >= 0.3 is 0 Å². The van der Waals surface area contributed by atoms with Gasteiger partial charge in [0, 0.05) is 11.6 Å². The largest absolute Gasteiger partial charge is 0.490 e. The third kappa shape index (κ3) is 6.97. The summed E-state index contributed by atoms with van der Waals surface area (Å²) in [5.41, 5.74) is 2.23. The Morgan fingerprint density at radius 1 is 1.00 bits per heavy atom. The van der Waals surface area contributed by atoms with Crippen LogP contribution in [0.1, 0.15) is 38.3 Å². The summed E-state index contributed by atoms with van der Waals surface area (Å²) in [4.78, 5) is 0. The van der Waals surface area contributed by atoms with Crippen LogP contribution >= 0.6 is 11.6 Å². The molecule has 0 unspecified atom stereocenters. The van der Waals surface area contributed by atoms with Crippen molar-refractivity contribution >= 4 is 11.6 Å². The lowest BCUT2D eigenvalue weighted by Gasteiger charge is -2.14. The Morgan fingerprint density at radius 3 is 2.56 bits per heavy atom. The van der Waals surface area contributed by atoms with Crippen molar-refractivity contribution in [3.8, 4) is 11.5 Å². The molecule has 1 N–H and O–H groups in total. The number of halogens is 1. The molecule has 0 saturated heterocycles. The smallest absolute Gasteiger partial charge is 0.161 e. The van der Waals surface area contributed by atoms with Crippen molar-refractivity contribution < 1.29 is 9.47 Å². The third-order valence-corrected chi connectivity index (χ3v) is 4.05. The minimum Gasteiger partial charge on any atom is -0.490 e. The molecule has 0 radical (unpaired) electrons. The highest BCUT2D eigenvalue weighted by molar-refractivity contribution is 6.30. The molecule has 0 aliphatic heterocycles. The van der Waals surface area contributed by atoms with Gasteiger partial charge in [0.1, 0.15) is 6.61 Å². The lowest BCUT2D eigenvalue weighted by atomic mass is 10.1. The van der Waals surface area contributed by atoms with E-state index in [0.717, 1.165) is 30.2 Å². The molecular weight excluding hydrogens is 334 g/mol. The molecule has 0 aliphatic rings. The van der Waals surface area contributed by atoms with E-state index in [2.05, 4.69) is 31.3 Å². The van der Waals surface area contributed by atoms with Crippen LogP contribution in [0.3, 0.4) is 0 Å². The van der Waals surface area contributed by atoms with Crippen LogP contribution in [0.4, 0.5) is 0 Å². The average Bonchev–Trinajstić information content (AvgIpc) is 2.58. The van der Waals surface area contributed by atoms with Crippen LogP contribution in [0.5, 0.6) is 11.5 Å². The fraction of sp³-hybridized carbons (Fsp3) is 0.429. The zero-order chi connectivity index (χ0) is 18.1. The highest BCUT2D eigenvalue weighted by atomic mass is 35.5. The highest BCUT2D eigenvalue weighted by Crippen LogP contribution is 2.29. The summed E-state index contributed by atoms with van der Waals surface area (Å²) in [6.45, 7) is 9.39. The first-order chi connectivity index (χ1) is 12.1. The summed E-state index contributed by atoms with van der Waals surface area (Å²) in [6.07, 6.45) is 1.18. The molecule has 0 amide bonds. The molecule has 0 spiro atoms. The summed E-state index contributed by atoms with van der Waals surface area (Å²) in [5, 5.41) is 4.19. The van der Waals surface area contributed by atoms with E-state index in [-0.39, 0.29) is 0 Å². The van der Waals surface area contributed by atoms with Crippen molar-refractivity contribution in [3.05, 3.63) is 58.6 Å². The molecule has 25 heavy (non-hydrogen) atoms. The van der Waals surface area contributed by atoms with Gasteiger partial charge in [-0.1, -0.05) is 43.6 Å². The van der Waals surface area contributed by atoms with E-state index in [4.69, 9.17) is 21.1 Å². The van der Waals surface area contributed by atoms with Gasteiger partial charge in [0.05, 0.1) is 6.61 Å². The highest BCUT2D eigenvalue weighted by Gasteiger charge is 2.07. The summed E-state index contributed by atoms with van der Waals surface area (Å²) in [6, 6.07) is 13.8. The Morgan fingerprint density at radius 2 is 1.84 bits per heavy atom. The summed E-state index contributed by atoms with van der Waals surface area (Å²) >= 11 is 6.02. The van der Waals surface area contributed by atoms with Crippen molar-refractivity contribution in [2.24, 2.45) is 5.92 Å². The molecule has 0 aromatic heterocycles. The molecule has 0 fully saturated rings. The normalized spacial score (nSPS) is 10.9. The number of benzene rings is 2. The maximum absolute atomic E-state index is 6.02. The second-order valence-electron chi connectivity index (χ2n) is 6.49. The fourth-order valence-electron chi connectivity index (χ4n) is 2.46. The molecule has 3 nitrogen and oxygen atoms in total. The number of ether oxygens (including phenoxy) is 2. The zero-order valence-corrected chi connectivity index (χ0v) is 16.1. The zero-order valence-electron chi connectivity index (χ0n) is 15.3. The van der Waals surface area contributed by atoms with E-state index >= 15 is 0 Å². The van der Waals surface area contributed by atoms with Gasteiger partial charge in [0.25, 0.3) is 0 Å². The first kappa shape index (κ1) is 19.6. The van der Waals surface area contributed by atoms with Gasteiger partial charge in [-0.05, 0) is 61.2 Å². The van der Waals surface area contributed by atoms with E-state index in [0.29, 0.717) is 24.2 Å². The first-order valence-electron chi connectivity index (χ1n) is 8.92. The molecule has 0 aliphatic carbocycles. The molecule has 4 heteroatoms. The van der Waals surface area contributed by atoms with Gasteiger partial charge in [0.2, 0.25) is 0 Å². The number of rotatable bonds is 10. The molecule has 2 rings (SSSR count). The molecule has 0 atom stereocenters. The number of nitrogens with one attached hydrogen (secondary N) is 1. The fourth-order valence-corrected chi connectivity index (χ4v) is 2.67. The van der Waals surface area contributed by atoms with Crippen molar-refractivity contribution in [1.29, 1.82) is 0 Å². The van der Waals surface area contributed by atoms with Gasteiger partial charge < -0.3 is 14.8 Å². The minimum atomic E-state index is 0.465. The van der Waals surface area contributed by atoms with E-state index in [1.54, 1.807) is 0 Å². The third-order valence-electron chi connectivity index (χ3n) is 3.82. The monoisotopic (exact) mass is 361 g/mol. The Kier molecular flexibility index (Phi) is 8.10. The maximum atomic E-state index is 6.02. The van der Waals surface area contributed by atoms with Gasteiger partial charge in [-0.25, -0.2) is 0 Å². The van der Waals surface area contributed by atoms with Crippen molar-refractivity contribution in [3.63, 3.8) is 0 Å². The van der Waals surface area contributed by atoms with Crippen molar-refractivity contribution in [1.82, 2.24) is 5.32 Å². The second-order valence-corrected chi connectivity index (χ2v) is 6.93. The molecule has 0 bridgehead atoms. The average molecular weight is 362 g/mol. The molecular formula is C21H28ClNO2.